The van der Waals surface area contributed by atoms with Crippen LogP contribution in [0.25, 0.3) is 0 Å². The number of pyridine rings is 1. The maximum atomic E-state index is 12.0. The summed E-state index contributed by atoms with van der Waals surface area (Å²) in [4.78, 5) is 17.8. The van der Waals surface area contributed by atoms with Crippen LogP contribution in [0.15, 0.2) is 35.1 Å². The van der Waals surface area contributed by atoms with Gasteiger partial charge in [0.15, 0.2) is 5.54 Å². The number of nitrogens with one attached hydrogen (secondary N) is 1. The number of aliphatic carboxylic acids is 1. The number of nitrogens with zero attached hydrogens (tertiary/aromatic N) is 4. The summed E-state index contributed by atoms with van der Waals surface area (Å²) in [7, 11) is 0. The van der Waals surface area contributed by atoms with Crippen LogP contribution in [0.5, 0.6) is 0 Å². The summed E-state index contributed by atoms with van der Waals surface area (Å²) >= 11 is 0. The van der Waals surface area contributed by atoms with Gasteiger partial charge in [-0.3, -0.25) is 4.98 Å². The lowest BCUT2D eigenvalue weighted by Gasteiger charge is -2.43. The van der Waals surface area contributed by atoms with E-state index in [0.717, 1.165) is 0 Å². The summed E-state index contributed by atoms with van der Waals surface area (Å²) in [5.41, 5.74) is -0.892. The maximum absolute atomic E-state index is 12.0. The molecule has 1 fully saturated rings. The van der Waals surface area contributed by atoms with Crippen molar-refractivity contribution in [1.82, 2.24) is 20.7 Å². The molecule has 104 valence electrons. The van der Waals surface area contributed by atoms with Crippen LogP contribution < -0.4 is 10.2 Å². The van der Waals surface area contributed by atoms with E-state index >= 15 is 0 Å². The van der Waals surface area contributed by atoms with Crippen LogP contribution in [0.1, 0.15) is 5.69 Å². The SMILES string of the molecule is O=C(O)C1(c2ccccn2)CNCCN1c1cnno1. The third-order valence-electron chi connectivity index (χ3n) is 3.41. The van der Waals surface area contributed by atoms with Crippen molar-refractivity contribution in [2.24, 2.45) is 0 Å². The largest absolute Gasteiger partial charge is 0.479 e. The van der Waals surface area contributed by atoms with Crippen LogP contribution >= 0.6 is 0 Å². The van der Waals surface area contributed by atoms with E-state index in [1.165, 1.54) is 6.20 Å². The van der Waals surface area contributed by atoms with E-state index in [9.17, 15) is 9.90 Å². The molecule has 8 nitrogen and oxygen atoms in total. The third kappa shape index (κ3) is 1.81. The van der Waals surface area contributed by atoms with Crippen molar-refractivity contribution in [3.8, 4) is 0 Å². The molecule has 0 saturated carbocycles. The zero-order valence-electron chi connectivity index (χ0n) is 10.6. The number of carboxylic acid groups (broad SMARTS) is 1. The van der Waals surface area contributed by atoms with Gasteiger partial charge in [0.1, 0.15) is 6.20 Å². The molecule has 20 heavy (non-hydrogen) atoms. The van der Waals surface area contributed by atoms with Gasteiger partial charge in [0.05, 0.1) is 5.69 Å². The molecule has 1 atom stereocenters. The Balaban J connectivity index is 2.13. The monoisotopic (exact) mass is 275 g/mol. The standard InChI is InChI=1S/C12H13N5O3/c18-11(19)12(9-3-1-2-4-14-9)8-13-5-6-17(12)10-7-15-16-20-10/h1-4,7,13H,5-6,8H2,(H,18,19). The van der Waals surface area contributed by atoms with Gasteiger partial charge in [0, 0.05) is 31.1 Å². The molecule has 3 heterocycles. The lowest BCUT2D eigenvalue weighted by molar-refractivity contribution is -0.144. The number of rotatable bonds is 3. The molecule has 1 aliphatic heterocycles. The van der Waals surface area contributed by atoms with Crippen molar-refractivity contribution in [3.05, 3.63) is 36.3 Å². The number of hydrogen-bond acceptors (Lipinski definition) is 7. The first-order chi connectivity index (χ1) is 9.75. The molecule has 8 heteroatoms. The van der Waals surface area contributed by atoms with Crippen LogP contribution in [-0.4, -0.2) is 46.1 Å². The van der Waals surface area contributed by atoms with E-state index in [0.29, 0.717) is 24.7 Å². The van der Waals surface area contributed by atoms with Crippen LogP contribution in [0.2, 0.25) is 0 Å². The van der Waals surface area contributed by atoms with E-state index in [4.69, 9.17) is 4.52 Å². The Labute approximate surface area is 114 Å². The molecule has 2 aromatic rings. The van der Waals surface area contributed by atoms with Crippen LogP contribution in [0, 0.1) is 0 Å². The Kier molecular flexibility index (Phi) is 3.07. The second-order valence-electron chi connectivity index (χ2n) is 4.46. The molecule has 1 aliphatic rings. The number of piperazine rings is 1. The number of anilines is 1. The van der Waals surface area contributed by atoms with Gasteiger partial charge in [0.25, 0.3) is 0 Å². The van der Waals surface area contributed by atoms with Gasteiger partial charge in [-0.2, -0.15) is 0 Å². The van der Waals surface area contributed by atoms with Crippen molar-refractivity contribution >= 4 is 11.9 Å². The summed E-state index contributed by atoms with van der Waals surface area (Å²) in [6, 6.07) is 5.20. The molecule has 3 rings (SSSR count). The van der Waals surface area contributed by atoms with Gasteiger partial charge in [-0.15, -0.1) is 5.10 Å². The third-order valence-corrected chi connectivity index (χ3v) is 3.41. The van der Waals surface area contributed by atoms with Crippen molar-refractivity contribution in [2.75, 3.05) is 24.5 Å². The highest BCUT2D eigenvalue weighted by Gasteiger charge is 2.50. The lowest BCUT2D eigenvalue weighted by Crippen LogP contribution is -2.63. The van der Waals surface area contributed by atoms with Crippen molar-refractivity contribution < 1.29 is 14.4 Å². The number of hydrogen-bond donors (Lipinski definition) is 2. The highest BCUT2D eigenvalue weighted by atomic mass is 16.5. The van der Waals surface area contributed by atoms with Gasteiger partial charge in [0.2, 0.25) is 5.88 Å². The van der Waals surface area contributed by atoms with E-state index in [1.807, 2.05) is 0 Å². The first-order valence-electron chi connectivity index (χ1n) is 6.16. The predicted octanol–water partition coefficient (Wildman–Crippen LogP) is -0.146. The van der Waals surface area contributed by atoms with E-state index in [-0.39, 0.29) is 6.54 Å². The molecular weight excluding hydrogens is 262 g/mol. The zero-order chi connectivity index (χ0) is 14.0. The fourth-order valence-electron chi connectivity index (χ4n) is 2.46. The smallest absolute Gasteiger partial charge is 0.337 e. The molecule has 1 saturated heterocycles. The van der Waals surface area contributed by atoms with Crippen LogP contribution in [0.3, 0.4) is 0 Å². The summed E-state index contributed by atoms with van der Waals surface area (Å²) in [5.74, 6) is -0.681. The molecular formula is C12H13N5O3. The first kappa shape index (κ1) is 12.5. The van der Waals surface area contributed by atoms with Gasteiger partial charge < -0.3 is 19.8 Å². The number of carbonyl (C=O) groups is 1. The van der Waals surface area contributed by atoms with Crippen molar-refractivity contribution in [3.63, 3.8) is 0 Å². The highest BCUT2D eigenvalue weighted by Crippen LogP contribution is 2.33. The number of aromatic nitrogens is 3. The lowest BCUT2D eigenvalue weighted by atomic mass is 9.90. The summed E-state index contributed by atoms with van der Waals surface area (Å²) < 4.78 is 5.05. The van der Waals surface area contributed by atoms with Crippen LogP contribution in [-0.2, 0) is 10.3 Å². The number of carboxylic acids is 1. The summed E-state index contributed by atoms with van der Waals surface area (Å²) in [6.45, 7) is 1.32. The van der Waals surface area contributed by atoms with Gasteiger partial charge >= 0.3 is 5.97 Å². The average Bonchev–Trinajstić information content (AvgIpc) is 3.02. The Bertz CT molecular complexity index is 588. The predicted molar refractivity (Wildman–Crippen MR) is 68.1 cm³/mol. The molecule has 0 aromatic carbocycles. The van der Waals surface area contributed by atoms with Crippen molar-refractivity contribution in [2.45, 2.75) is 5.54 Å². The summed E-state index contributed by atoms with van der Waals surface area (Å²) in [6.07, 6.45) is 2.98. The van der Waals surface area contributed by atoms with Gasteiger partial charge in [-0.05, 0) is 12.1 Å². The first-order valence-corrected chi connectivity index (χ1v) is 6.16. The minimum atomic E-state index is -1.33. The summed E-state index contributed by atoms with van der Waals surface area (Å²) in [5, 5.41) is 19.9. The Morgan fingerprint density at radius 1 is 1.50 bits per heavy atom. The van der Waals surface area contributed by atoms with Crippen molar-refractivity contribution in [1.29, 1.82) is 0 Å². The average molecular weight is 275 g/mol. The van der Waals surface area contributed by atoms with E-state index in [2.05, 4.69) is 20.7 Å². The quantitative estimate of drug-likeness (QED) is 0.797. The fraction of sp³-hybridized carbons (Fsp3) is 0.333. The molecule has 1 unspecified atom stereocenters. The Morgan fingerprint density at radius 3 is 3.05 bits per heavy atom. The van der Waals surface area contributed by atoms with Gasteiger partial charge in [-0.1, -0.05) is 6.07 Å². The van der Waals surface area contributed by atoms with Gasteiger partial charge in [-0.25, -0.2) is 4.79 Å². The molecule has 2 aromatic heterocycles. The maximum Gasteiger partial charge on any atom is 0.337 e. The molecule has 0 radical (unpaired) electrons. The molecule has 2 N–H and O–H groups in total. The van der Waals surface area contributed by atoms with E-state index in [1.54, 1.807) is 29.3 Å². The molecule has 0 bridgehead atoms. The second kappa shape index (κ2) is 4.89. The molecule has 0 spiro atoms. The highest BCUT2D eigenvalue weighted by molar-refractivity contribution is 5.85. The van der Waals surface area contributed by atoms with E-state index < -0.39 is 11.5 Å². The van der Waals surface area contributed by atoms with Crippen LogP contribution in [0.4, 0.5) is 5.88 Å². The zero-order valence-corrected chi connectivity index (χ0v) is 10.6. The topological polar surface area (TPSA) is 104 Å². The Morgan fingerprint density at radius 2 is 2.40 bits per heavy atom. The molecule has 0 amide bonds. The fourth-order valence-corrected chi connectivity index (χ4v) is 2.46. The second-order valence-corrected chi connectivity index (χ2v) is 4.46. The minimum Gasteiger partial charge on any atom is -0.479 e. The Hall–Kier alpha value is -2.48. The minimum absolute atomic E-state index is 0.222. The normalized spacial score (nSPS) is 22.7. The molecule has 0 aliphatic carbocycles.